The number of carbonyl (C=O) groups excluding carboxylic acids is 1. The van der Waals surface area contributed by atoms with Crippen molar-refractivity contribution < 1.29 is 18.7 Å². The van der Waals surface area contributed by atoms with Crippen LogP contribution in [0.15, 0.2) is 54.7 Å². The fourth-order valence-corrected chi connectivity index (χ4v) is 3.88. The molecule has 0 aliphatic rings. The van der Waals surface area contributed by atoms with Gasteiger partial charge in [-0.05, 0) is 67.6 Å². The van der Waals surface area contributed by atoms with Gasteiger partial charge in [0.15, 0.2) is 0 Å². The van der Waals surface area contributed by atoms with E-state index < -0.39 is 23.3 Å². The molecule has 0 saturated carbocycles. The summed E-state index contributed by atoms with van der Waals surface area (Å²) in [6.45, 7) is 4.49. The van der Waals surface area contributed by atoms with Crippen LogP contribution in [0.25, 0.3) is 22.0 Å². The molecule has 0 aliphatic heterocycles. The van der Waals surface area contributed by atoms with Gasteiger partial charge in [0.05, 0.1) is 23.4 Å². The monoisotopic (exact) mass is 474 g/mol. The molecular weight excluding hydrogens is 450 g/mol. The Labute approximate surface area is 201 Å². The molecular formula is C27H24F2N4O2. The summed E-state index contributed by atoms with van der Waals surface area (Å²) in [5.74, 6) is 3.86. The van der Waals surface area contributed by atoms with Gasteiger partial charge in [-0.25, -0.2) is 13.8 Å². The van der Waals surface area contributed by atoms with Gasteiger partial charge < -0.3 is 10.4 Å². The van der Waals surface area contributed by atoms with Crippen LogP contribution in [0.1, 0.15) is 43.8 Å². The zero-order valence-corrected chi connectivity index (χ0v) is 19.5. The molecule has 4 aromatic rings. The topological polar surface area (TPSA) is 90.9 Å². The molecule has 1 atom stereocenters. The van der Waals surface area contributed by atoms with E-state index in [1.807, 2.05) is 24.3 Å². The van der Waals surface area contributed by atoms with Crippen molar-refractivity contribution in [2.75, 3.05) is 0 Å². The largest absolute Gasteiger partial charge is 0.378 e. The first kappa shape index (κ1) is 24.0. The molecule has 2 aromatic carbocycles. The van der Waals surface area contributed by atoms with Crippen LogP contribution in [0.3, 0.4) is 0 Å². The summed E-state index contributed by atoms with van der Waals surface area (Å²) in [5, 5.41) is 20.8. The molecule has 0 aliphatic carbocycles. The van der Waals surface area contributed by atoms with E-state index in [0.29, 0.717) is 22.5 Å². The van der Waals surface area contributed by atoms with Crippen LogP contribution < -0.4 is 5.32 Å². The van der Waals surface area contributed by atoms with E-state index >= 15 is 0 Å². The molecule has 3 N–H and O–H groups in total. The second kappa shape index (κ2) is 9.65. The zero-order chi connectivity index (χ0) is 25.2. The maximum Gasteiger partial charge on any atom is 0.217 e. The number of fused-ring (bicyclic) bond motifs is 1. The molecule has 1 amide bonds. The Morgan fingerprint density at radius 3 is 2.57 bits per heavy atom. The molecule has 0 fully saturated rings. The number of hydrogen-bond donors (Lipinski definition) is 3. The van der Waals surface area contributed by atoms with E-state index in [4.69, 9.17) is 4.98 Å². The fourth-order valence-electron chi connectivity index (χ4n) is 3.88. The Bertz CT molecular complexity index is 1440. The molecule has 8 heteroatoms. The van der Waals surface area contributed by atoms with Crippen molar-refractivity contribution in [2.24, 2.45) is 0 Å². The Morgan fingerprint density at radius 1 is 1.14 bits per heavy atom. The molecule has 4 rings (SSSR count). The number of H-pyrrole nitrogens is 1. The summed E-state index contributed by atoms with van der Waals surface area (Å²) in [6, 6.07) is 11.8. The number of rotatable bonds is 5. The number of hydrogen-bond acceptors (Lipinski definition) is 4. The van der Waals surface area contributed by atoms with Crippen molar-refractivity contribution in [3.8, 4) is 23.0 Å². The maximum atomic E-state index is 13.9. The predicted molar refractivity (Wildman–Crippen MR) is 129 cm³/mol. The third-order valence-electron chi connectivity index (χ3n) is 5.27. The highest BCUT2D eigenvalue weighted by atomic mass is 19.1. The van der Waals surface area contributed by atoms with Crippen molar-refractivity contribution in [3.05, 3.63) is 83.3 Å². The first-order chi connectivity index (χ1) is 16.6. The second-order valence-corrected chi connectivity index (χ2v) is 8.81. The standard InChI is InChI=1S/C27H24F2N4O2/c1-16(34)31-25(13-17-11-18(28)14-19(29)12-17)26-22(8-7-20(32-26)9-10-27(2,3)35)21-5-4-6-24-23(21)15-30-33-24/h4-8,11-12,14-15,25,35H,13H2,1-3H3,(H,30,33)(H,31,34)/t25-/m0/s1. The lowest BCUT2D eigenvalue weighted by atomic mass is 9.93. The van der Waals surface area contributed by atoms with Crippen LogP contribution >= 0.6 is 0 Å². The van der Waals surface area contributed by atoms with Gasteiger partial charge in [0.25, 0.3) is 0 Å². The minimum Gasteiger partial charge on any atom is -0.378 e. The lowest BCUT2D eigenvalue weighted by Gasteiger charge is -2.21. The van der Waals surface area contributed by atoms with Crippen molar-refractivity contribution >= 4 is 16.8 Å². The highest BCUT2D eigenvalue weighted by Gasteiger charge is 2.22. The van der Waals surface area contributed by atoms with Gasteiger partial charge in [-0.15, -0.1) is 0 Å². The van der Waals surface area contributed by atoms with E-state index in [1.54, 1.807) is 26.1 Å². The van der Waals surface area contributed by atoms with Crippen LogP contribution in [-0.2, 0) is 11.2 Å². The summed E-state index contributed by atoms with van der Waals surface area (Å²) >= 11 is 0. The molecule has 6 nitrogen and oxygen atoms in total. The second-order valence-electron chi connectivity index (χ2n) is 8.81. The lowest BCUT2D eigenvalue weighted by molar-refractivity contribution is -0.119. The van der Waals surface area contributed by atoms with Crippen molar-refractivity contribution in [3.63, 3.8) is 0 Å². The van der Waals surface area contributed by atoms with Crippen molar-refractivity contribution in [2.45, 2.75) is 38.8 Å². The van der Waals surface area contributed by atoms with Gasteiger partial charge in [0, 0.05) is 23.9 Å². The molecule has 178 valence electrons. The van der Waals surface area contributed by atoms with Gasteiger partial charge in [0.1, 0.15) is 22.9 Å². The smallest absolute Gasteiger partial charge is 0.217 e. The lowest BCUT2D eigenvalue weighted by Crippen LogP contribution is -2.29. The minimum atomic E-state index is -1.22. The highest BCUT2D eigenvalue weighted by molar-refractivity contribution is 5.95. The summed E-state index contributed by atoms with van der Waals surface area (Å²) in [4.78, 5) is 16.9. The Morgan fingerprint density at radius 2 is 1.89 bits per heavy atom. The minimum absolute atomic E-state index is 0.0952. The number of nitrogens with one attached hydrogen (secondary N) is 2. The highest BCUT2D eigenvalue weighted by Crippen LogP contribution is 2.33. The first-order valence-electron chi connectivity index (χ1n) is 11.0. The van der Waals surface area contributed by atoms with E-state index in [9.17, 15) is 18.7 Å². The number of benzene rings is 2. The van der Waals surface area contributed by atoms with Crippen LogP contribution in [0.2, 0.25) is 0 Å². The fraction of sp³-hybridized carbons (Fsp3) is 0.222. The van der Waals surface area contributed by atoms with E-state index in [-0.39, 0.29) is 12.3 Å². The number of aromatic amines is 1. The summed E-state index contributed by atoms with van der Waals surface area (Å²) in [6.07, 6.45) is 1.80. The van der Waals surface area contributed by atoms with Gasteiger partial charge in [-0.3, -0.25) is 9.89 Å². The number of pyridine rings is 1. The number of nitrogens with zero attached hydrogens (tertiary/aromatic N) is 2. The Kier molecular flexibility index (Phi) is 6.63. The first-order valence-corrected chi connectivity index (χ1v) is 11.0. The summed E-state index contributed by atoms with van der Waals surface area (Å²) in [5.41, 5.74) is 2.35. The van der Waals surface area contributed by atoms with Gasteiger partial charge in [-0.1, -0.05) is 18.1 Å². The Hall–Kier alpha value is -4.09. The molecule has 2 aromatic heterocycles. The summed E-state index contributed by atoms with van der Waals surface area (Å²) in [7, 11) is 0. The van der Waals surface area contributed by atoms with Crippen LogP contribution in [-0.4, -0.2) is 31.8 Å². The maximum absolute atomic E-state index is 13.9. The molecule has 2 heterocycles. The van der Waals surface area contributed by atoms with Crippen LogP contribution in [0.5, 0.6) is 0 Å². The SMILES string of the molecule is CC(=O)N[C@@H](Cc1cc(F)cc(F)c1)c1nc(C#CC(C)(C)O)ccc1-c1cccc2[nH]ncc12. The van der Waals surface area contributed by atoms with Crippen LogP contribution in [0.4, 0.5) is 8.78 Å². The quantitative estimate of drug-likeness (QED) is 0.373. The third kappa shape index (κ3) is 5.89. The number of carbonyl (C=O) groups is 1. The predicted octanol–water partition coefficient (Wildman–Crippen LogP) is 4.45. The van der Waals surface area contributed by atoms with Gasteiger partial charge >= 0.3 is 0 Å². The summed E-state index contributed by atoms with van der Waals surface area (Å²) < 4.78 is 27.8. The number of halogens is 2. The molecule has 0 unspecified atom stereocenters. The average Bonchev–Trinajstić information content (AvgIpc) is 3.25. The zero-order valence-electron chi connectivity index (χ0n) is 19.5. The molecule has 0 radical (unpaired) electrons. The number of aliphatic hydroxyl groups is 1. The van der Waals surface area contributed by atoms with Crippen LogP contribution in [0, 0.1) is 23.5 Å². The van der Waals surface area contributed by atoms with Crippen molar-refractivity contribution in [1.82, 2.24) is 20.5 Å². The average molecular weight is 475 g/mol. The molecule has 35 heavy (non-hydrogen) atoms. The molecule has 0 bridgehead atoms. The van der Waals surface area contributed by atoms with E-state index in [0.717, 1.165) is 22.5 Å². The molecule has 0 saturated heterocycles. The number of aromatic nitrogens is 3. The van der Waals surface area contributed by atoms with Gasteiger partial charge in [-0.2, -0.15) is 5.10 Å². The Balaban J connectivity index is 1.90. The van der Waals surface area contributed by atoms with E-state index in [1.165, 1.54) is 19.1 Å². The molecule has 0 spiro atoms. The van der Waals surface area contributed by atoms with Crippen molar-refractivity contribution in [1.29, 1.82) is 0 Å². The third-order valence-corrected chi connectivity index (χ3v) is 5.27. The van der Waals surface area contributed by atoms with Gasteiger partial charge in [0.2, 0.25) is 5.91 Å². The normalized spacial score (nSPS) is 12.2. The van der Waals surface area contributed by atoms with E-state index in [2.05, 4.69) is 27.4 Å². The number of amides is 1.